The molecule has 3 atom stereocenters. The van der Waals surface area contributed by atoms with E-state index in [1.165, 1.54) is 13.5 Å². The summed E-state index contributed by atoms with van der Waals surface area (Å²) in [6.07, 6.45) is 4.82. The van der Waals surface area contributed by atoms with Crippen LogP contribution in [0.1, 0.15) is 20.3 Å². The van der Waals surface area contributed by atoms with Gasteiger partial charge < -0.3 is 10.1 Å². The molecule has 0 aromatic carbocycles. The zero-order valence-electron chi connectivity index (χ0n) is 11.6. The Morgan fingerprint density at radius 2 is 2.21 bits per heavy atom. The third-order valence-electron chi connectivity index (χ3n) is 4.12. The summed E-state index contributed by atoms with van der Waals surface area (Å²) in [6.45, 7) is 6.57. The molecule has 106 valence electrons. The summed E-state index contributed by atoms with van der Waals surface area (Å²) < 4.78 is 5.75. The van der Waals surface area contributed by atoms with Crippen molar-refractivity contribution in [3.63, 3.8) is 0 Å². The van der Waals surface area contributed by atoms with Crippen LogP contribution in [0.2, 0.25) is 0 Å². The first-order valence-electron chi connectivity index (χ1n) is 6.68. The van der Waals surface area contributed by atoms with Crippen LogP contribution in [-0.4, -0.2) is 37.2 Å². The predicted octanol–water partition coefficient (Wildman–Crippen LogP) is 2.23. The van der Waals surface area contributed by atoms with E-state index < -0.39 is 0 Å². The zero-order valence-corrected chi connectivity index (χ0v) is 13.2. The molecule has 5 heteroatoms. The molecule has 0 aromatic heterocycles. The molecule has 3 unspecified atom stereocenters. The van der Waals surface area contributed by atoms with E-state index in [-0.39, 0.29) is 12.1 Å². The molecular formula is C14H21BrN2O2. The monoisotopic (exact) mass is 328 g/mol. The van der Waals surface area contributed by atoms with Gasteiger partial charge in [-0.3, -0.25) is 4.90 Å². The van der Waals surface area contributed by atoms with E-state index in [4.69, 9.17) is 4.74 Å². The molecule has 2 aliphatic rings. The fourth-order valence-corrected chi connectivity index (χ4v) is 3.02. The van der Waals surface area contributed by atoms with Crippen molar-refractivity contribution in [2.24, 2.45) is 11.8 Å². The standard InChI is InChI=1S/C14H21BrN2O2/c1-9-4-5-17(8-10(9)2)13-12(14(18)19-3)6-11(15)7-16-13/h6-7,9-10,13,16H,4-5,8H2,1-3H3. The lowest BCUT2D eigenvalue weighted by molar-refractivity contribution is -0.137. The summed E-state index contributed by atoms with van der Waals surface area (Å²) in [5.41, 5.74) is 0.665. The maximum absolute atomic E-state index is 11.9. The van der Waals surface area contributed by atoms with Crippen LogP contribution in [0.4, 0.5) is 0 Å². The number of piperidine rings is 1. The van der Waals surface area contributed by atoms with E-state index in [9.17, 15) is 4.79 Å². The molecule has 0 bridgehead atoms. The minimum Gasteiger partial charge on any atom is -0.466 e. The minimum absolute atomic E-state index is 0.0799. The van der Waals surface area contributed by atoms with Gasteiger partial charge in [-0.25, -0.2) is 4.79 Å². The second-order valence-electron chi connectivity index (χ2n) is 5.43. The van der Waals surface area contributed by atoms with Crippen LogP contribution in [0.3, 0.4) is 0 Å². The largest absolute Gasteiger partial charge is 0.466 e. The number of hydrogen-bond donors (Lipinski definition) is 1. The van der Waals surface area contributed by atoms with Gasteiger partial charge in [0.1, 0.15) is 6.17 Å². The molecule has 0 saturated carbocycles. The summed E-state index contributed by atoms with van der Waals surface area (Å²) in [5.74, 6) is 1.12. The van der Waals surface area contributed by atoms with E-state index in [2.05, 4.69) is 40.0 Å². The fraction of sp³-hybridized carbons (Fsp3) is 0.643. The molecule has 0 aliphatic carbocycles. The highest BCUT2D eigenvalue weighted by molar-refractivity contribution is 9.11. The predicted molar refractivity (Wildman–Crippen MR) is 78.6 cm³/mol. The summed E-state index contributed by atoms with van der Waals surface area (Å²) >= 11 is 3.40. The molecule has 2 rings (SSSR count). The maximum atomic E-state index is 11.9. The molecule has 0 amide bonds. The van der Waals surface area contributed by atoms with Crippen molar-refractivity contribution in [3.05, 3.63) is 22.3 Å². The fourth-order valence-electron chi connectivity index (χ4n) is 2.64. The molecule has 1 N–H and O–H groups in total. The Balaban J connectivity index is 2.15. The summed E-state index contributed by atoms with van der Waals surface area (Å²) in [4.78, 5) is 14.2. The highest BCUT2D eigenvalue weighted by Crippen LogP contribution is 2.27. The van der Waals surface area contributed by atoms with Gasteiger partial charge in [-0.05, 0) is 40.3 Å². The van der Waals surface area contributed by atoms with Gasteiger partial charge in [-0.2, -0.15) is 0 Å². The van der Waals surface area contributed by atoms with Crippen LogP contribution in [0.15, 0.2) is 22.3 Å². The van der Waals surface area contributed by atoms with Gasteiger partial charge in [0, 0.05) is 23.8 Å². The summed E-state index contributed by atoms with van der Waals surface area (Å²) in [6, 6.07) is 0. The van der Waals surface area contributed by atoms with E-state index in [1.807, 2.05) is 12.3 Å². The molecule has 19 heavy (non-hydrogen) atoms. The Morgan fingerprint density at radius 1 is 1.47 bits per heavy atom. The van der Waals surface area contributed by atoms with E-state index >= 15 is 0 Å². The van der Waals surface area contributed by atoms with Crippen molar-refractivity contribution in [1.82, 2.24) is 10.2 Å². The van der Waals surface area contributed by atoms with Crippen molar-refractivity contribution >= 4 is 21.9 Å². The van der Waals surface area contributed by atoms with Crippen LogP contribution < -0.4 is 5.32 Å². The lowest BCUT2D eigenvalue weighted by Gasteiger charge is -2.41. The Kier molecular flexibility index (Phi) is 4.68. The van der Waals surface area contributed by atoms with Crippen LogP contribution >= 0.6 is 15.9 Å². The number of rotatable bonds is 2. The first-order chi connectivity index (χ1) is 9.02. The molecule has 1 fully saturated rings. The SMILES string of the molecule is COC(=O)C1=CC(Br)=CNC1N1CCC(C)C(C)C1. The maximum Gasteiger partial charge on any atom is 0.337 e. The second kappa shape index (κ2) is 6.09. The molecule has 4 nitrogen and oxygen atoms in total. The van der Waals surface area contributed by atoms with E-state index in [1.54, 1.807) is 0 Å². The first-order valence-corrected chi connectivity index (χ1v) is 7.48. The number of dihydropyridines is 1. The van der Waals surface area contributed by atoms with Crippen LogP contribution in [0.5, 0.6) is 0 Å². The van der Waals surface area contributed by atoms with Gasteiger partial charge in [0.2, 0.25) is 0 Å². The third kappa shape index (κ3) is 3.20. The van der Waals surface area contributed by atoms with Crippen molar-refractivity contribution in [3.8, 4) is 0 Å². The van der Waals surface area contributed by atoms with E-state index in [0.717, 1.165) is 23.5 Å². The van der Waals surface area contributed by atoms with E-state index in [0.29, 0.717) is 11.5 Å². The number of methoxy groups -OCH3 is 1. The van der Waals surface area contributed by atoms with Gasteiger partial charge in [0.05, 0.1) is 12.7 Å². The first kappa shape index (κ1) is 14.6. The van der Waals surface area contributed by atoms with Crippen LogP contribution in [-0.2, 0) is 9.53 Å². The van der Waals surface area contributed by atoms with Gasteiger partial charge in [0.25, 0.3) is 0 Å². The van der Waals surface area contributed by atoms with Crippen molar-refractivity contribution < 1.29 is 9.53 Å². The molecular weight excluding hydrogens is 308 g/mol. The van der Waals surface area contributed by atoms with Gasteiger partial charge in [-0.15, -0.1) is 0 Å². The van der Waals surface area contributed by atoms with Crippen LogP contribution in [0, 0.1) is 11.8 Å². The molecule has 2 heterocycles. The summed E-state index contributed by atoms with van der Waals surface area (Å²) in [5, 5.41) is 3.29. The van der Waals surface area contributed by atoms with Gasteiger partial charge in [0.15, 0.2) is 0 Å². The van der Waals surface area contributed by atoms with Gasteiger partial charge in [-0.1, -0.05) is 13.8 Å². The summed E-state index contributed by atoms with van der Waals surface area (Å²) in [7, 11) is 1.42. The molecule has 0 radical (unpaired) electrons. The zero-order chi connectivity index (χ0) is 14.0. The number of hydrogen-bond acceptors (Lipinski definition) is 4. The quantitative estimate of drug-likeness (QED) is 0.789. The number of esters is 1. The Morgan fingerprint density at radius 3 is 2.84 bits per heavy atom. The highest BCUT2D eigenvalue weighted by Gasteiger charge is 2.33. The molecule has 2 aliphatic heterocycles. The molecule has 0 aromatic rings. The second-order valence-corrected chi connectivity index (χ2v) is 6.34. The topological polar surface area (TPSA) is 41.6 Å². The average Bonchev–Trinajstić information content (AvgIpc) is 2.41. The number of halogens is 1. The Bertz CT molecular complexity index is 420. The third-order valence-corrected chi connectivity index (χ3v) is 4.58. The number of likely N-dealkylation sites (tertiary alicyclic amines) is 1. The minimum atomic E-state index is -0.270. The number of nitrogens with zero attached hydrogens (tertiary/aromatic N) is 1. The Labute approximate surface area is 123 Å². The lowest BCUT2D eigenvalue weighted by atomic mass is 9.88. The molecule has 1 saturated heterocycles. The number of carbonyl (C=O) groups excluding carboxylic acids is 1. The average molecular weight is 329 g/mol. The number of nitrogens with one attached hydrogen (secondary N) is 1. The number of allylic oxidation sites excluding steroid dienone is 2. The van der Waals surface area contributed by atoms with Crippen molar-refractivity contribution in [2.45, 2.75) is 26.4 Å². The lowest BCUT2D eigenvalue weighted by Crippen LogP contribution is -2.52. The van der Waals surface area contributed by atoms with Gasteiger partial charge >= 0.3 is 5.97 Å². The molecule has 0 spiro atoms. The van der Waals surface area contributed by atoms with Crippen molar-refractivity contribution in [2.75, 3.05) is 20.2 Å². The smallest absolute Gasteiger partial charge is 0.337 e. The normalized spacial score (nSPS) is 32.1. The number of ether oxygens (including phenoxy) is 1. The van der Waals surface area contributed by atoms with Crippen LogP contribution in [0.25, 0.3) is 0 Å². The highest BCUT2D eigenvalue weighted by atomic mass is 79.9. The van der Waals surface area contributed by atoms with Crippen molar-refractivity contribution in [1.29, 1.82) is 0 Å². The Hall–Kier alpha value is -0.810. The number of carbonyl (C=O) groups is 1.